The summed E-state index contributed by atoms with van der Waals surface area (Å²) in [6, 6.07) is 12.9. The van der Waals surface area contributed by atoms with E-state index >= 15 is 0 Å². The first kappa shape index (κ1) is 23.2. The van der Waals surface area contributed by atoms with Gasteiger partial charge in [0.1, 0.15) is 23.7 Å². The van der Waals surface area contributed by atoms with Crippen molar-refractivity contribution in [1.29, 1.82) is 0 Å². The minimum atomic E-state index is -1.15. The molecule has 8 heteroatoms. The number of pyridine rings is 1. The quantitative estimate of drug-likeness (QED) is 0.645. The molecule has 0 saturated carbocycles. The van der Waals surface area contributed by atoms with Crippen molar-refractivity contribution in [2.45, 2.75) is 46.4 Å². The first-order valence-corrected chi connectivity index (χ1v) is 9.78. The van der Waals surface area contributed by atoms with E-state index in [0.717, 1.165) is 16.2 Å². The normalized spacial score (nSPS) is 11.1. The highest BCUT2D eigenvalue weighted by molar-refractivity contribution is 5.92. The summed E-state index contributed by atoms with van der Waals surface area (Å²) >= 11 is 0. The van der Waals surface area contributed by atoms with Crippen LogP contribution in [0.4, 0.5) is 10.6 Å². The van der Waals surface area contributed by atoms with Gasteiger partial charge < -0.3 is 19.9 Å². The Balaban J connectivity index is 2.06. The van der Waals surface area contributed by atoms with E-state index < -0.39 is 24.2 Å². The maximum absolute atomic E-state index is 12.5. The lowest BCUT2D eigenvalue weighted by Crippen LogP contribution is -2.40. The minimum Gasteiger partial charge on any atom is -0.494 e. The third-order valence-corrected chi connectivity index (χ3v) is 3.82. The fourth-order valence-electron chi connectivity index (χ4n) is 2.65. The summed E-state index contributed by atoms with van der Waals surface area (Å²) in [6.45, 7) is 8.23. The Kier molecular flexibility index (Phi) is 8.17. The van der Waals surface area contributed by atoms with Crippen LogP contribution in [0, 0.1) is 0 Å². The number of ether oxygens (including phenoxy) is 2. The molecule has 2 N–H and O–H groups in total. The Labute approximate surface area is 176 Å². The van der Waals surface area contributed by atoms with E-state index in [1.165, 1.54) is 0 Å². The standard InChI is InChI=1S/C22H29N3O5/c1-5-29-18-10-6-8-16(12-18)13-23-14-17-9-7-11-19(24-17)25(15-20(26)27)21(28)30-22(2,3)4/h6-12,23H,5,13-15H2,1-4H3,(H,26,27). The third kappa shape index (κ3) is 7.71. The highest BCUT2D eigenvalue weighted by atomic mass is 16.6. The Bertz CT molecular complexity index is 864. The predicted molar refractivity (Wildman–Crippen MR) is 114 cm³/mol. The molecule has 1 aromatic heterocycles. The molecule has 0 spiro atoms. The summed E-state index contributed by atoms with van der Waals surface area (Å²) in [5.41, 5.74) is 0.994. The smallest absolute Gasteiger partial charge is 0.416 e. The Morgan fingerprint density at radius 3 is 2.53 bits per heavy atom. The van der Waals surface area contributed by atoms with Crippen LogP contribution < -0.4 is 15.0 Å². The summed E-state index contributed by atoms with van der Waals surface area (Å²) < 4.78 is 10.8. The molecule has 0 saturated heterocycles. The molecular weight excluding hydrogens is 386 g/mol. The van der Waals surface area contributed by atoms with Gasteiger partial charge in [-0.25, -0.2) is 9.78 Å². The monoisotopic (exact) mass is 415 g/mol. The van der Waals surface area contributed by atoms with Gasteiger partial charge in [-0.1, -0.05) is 18.2 Å². The minimum absolute atomic E-state index is 0.226. The fraction of sp³-hybridized carbons (Fsp3) is 0.409. The lowest BCUT2D eigenvalue weighted by atomic mass is 10.2. The number of carboxylic acid groups (broad SMARTS) is 1. The zero-order valence-electron chi connectivity index (χ0n) is 17.8. The molecule has 0 unspecified atom stereocenters. The largest absolute Gasteiger partial charge is 0.494 e. The van der Waals surface area contributed by atoms with Crippen LogP contribution in [0.2, 0.25) is 0 Å². The molecule has 1 aromatic carbocycles. The first-order chi connectivity index (χ1) is 14.2. The van der Waals surface area contributed by atoms with Crippen molar-refractivity contribution in [2.24, 2.45) is 0 Å². The number of aliphatic carboxylic acids is 1. The van der Waals surface area contributed by atoms with Crippen molar-refractivity contribution in [3.8, 4) is 5.75 Å². The van der Waals surface area contributed by atoms with Gasteiger partial charge in [-0.05, 0) is 57.5 Å². The topological polar surface area (TPSA) is 101 Å². The number of rotatable bonds is 9. The van der Waals surface area contributed by atoms with E-state index in [2.05, 4.69) is 10.3 Å². The number of carboxylic acids is 1. The lowest BCUT2D eigenvalue weighted by Gasteiger charge is -2.26. The van der Waals surface area contributed by atoms with Crippen molar-refractivity contribution >= 4 is 17.9 Å². The second-order valence-electron chi connectivity index (χ2n) is 7.63. The van der Waals surface area contributed by atoms with Crippen LogP contribution in [0.25, 0.3) is 0 Å². The molecule has 1 heterocycles. The Hall–Kier alpha value is -3.13. The number of hydrogen-bond acceptors (Lipinski definition) is 6. The summed E-state index contributed by atoms with van der Waals surface area (Å²) in [7, 11) is 0. The van der Waals surface area contributed by atoms with Crippen LogP contribution in [0.5, 0.6) is 5.75 Å². The van der Waals surface area contributed by atoms with Gasteiger partial charge in [-0.2, -0.15) is 0 Å². The number of carbonyl (C=O) groups is 2. The molecule has 0 atom stereocenters. The van der Waals surface area contributed by atoms with Crippen molar-refractivity contribution in [3.63, 3.8) is 0 Å². The Morgan fingerprint density at radius 1 is 1.13 bits per heavy atom. The molecule has 1 amide bonds. The van der Waals surface area contributed by atoms with Crippen LogP contribution in [-0.2, 0) is 22.6 Å². The molecule has 0 aliphatic heterocycles. The van der Waals surface area contributed by atoms with Gasteiger partial charge in [0.15, 0.2) is 0 Å². The third-order valence-electron chi connectivity index (χ3n) is 3.82. The van der Waals surface area contributed by atoms with Crippen LogP contribution in [0.1, 0.15) is 39.0 Å². The SMILES string of the molecule is CCOc1cccc(CNCc2cccc(N(CC(=O)O)C(=O)OC(C)(C)C)n2)c1. The van der Waals surface area contributed by atoms with Gasteiger partial charge >= 0.3 is 12.1 Å². The van der Waals surface area contributed by atoms with Crippen molar-refractivity contribution in [2.75, 3.05) is 18.1 Å². The van der Waals surface area contributed by atoms with Crippen molar-refractivity contribution in [1.82, 2.24) is 10.3 Å². The first-order valence-electron chi connectivity index (χ1n) is 9.78. The van der Waals surface area contributed by atoms with E-state index in [1.54, 1.807) is 39.0 Å². The zero-order chi connectivity index (χ0) is 22.1. The number of nitrogens with zero attached hydrogens (tertiary/aromatic N) is 2. The van der Waals surface area contributed by atoms with E-state index in [4.69, 9.17) is 9.47 Å². The molecule has 8 nitrogen and oxygen atoms in total. The van der Waals surface area contributed by atoms with Gasteiger partial charge in [-0.3, -0.25) is 9.69 Å². The zero-order valence-corrected chi connectivity index (χ0v) is 17.8. The summed E-state index contributed by atoms with van der Waals surface area (Å²) in [5.74, 6) is -0.108. The number of hydrogen-bond donors (Lipinski definition) is 2. The van der Waals surface area contributed by atoms with Crippen LogP contribution in [-0.4, -0.2) is 40.9 Å². The van der Waals surface area contributed by atoms with Gasteiger partial charge in [0.25, 0.3) is 0 Å². The Morgan fingerprint density at radius 2 is 1.87 bits per heavy atom. The summed E-state index contributed by atoms with van der Waals surface area (Å²) in [6.07, 6.45) is -0.754. The van der Waals surface area contributed by atoms with Gasteiger partial charge in [-0.15, -0.1) is 0 Å². The second-order valence-corrected chi connectivity index (χ2v) is 7.63. The number of aromatic nitrogens is 1. The highest BCUT2D eigenvalue weighted by Gasteiger charge is 2.26. The van der Waals surface area contributed by atoms with Crippen LogP contribution >= 0.6 is 0 Å². The molecular formula is C22H29N3O5. The molecule has 0 aliphatic rings. The molecule has 0 fully saturated rings. The molecule has 0 radical (unpaired) electrons. The molecule has 2 rings (SSSR count). The molecule has 0 bridgehead atoms. The van der Waals surface area contributed by atoms with Gasteiger partial charge in [0.05, 0.1) is 12.3 Å². The van der Waals surface area contributed by atoms with E-state index in [0.29, 0.717) is 25.4 Å². The predicted octanol–water partition coefficient (Wildman–Crippen LogP) is 3.60. The number of amides is 1. The molecule has 162 valence electrons. The fourth-order valence-corrected chi connectivity index (χ4v) is 2.65. The average molecular weight is 415 g/mol. The number of carbonyl (C=O) groups excluding carboxylic acids is 1. The van der Waals surface area contributed by atoms with E-state index in [9.17, 15) is 14.7 Å². The lowest BCUT2D eigenvalue weighted by molar-refractivity contribution is -0.135. The van der Waals surface area contributed by atoms with Gasteiger partial charge in [0.2, 0.25) is 0 Å². The maximum atomic E-state index is 12.5. The van der Waals surface area contributed by atoms with Gasteiger partial charge in [0, 0.05) is 13.1 Å². The number of anilines is 1. The van der Waals surface area contributed by atoms with Crippen molar-refractivity contribution < 1.29 is 24.2 Å². The second kappa shape index (κ2) is 10.6. The van der Waals surface area contributed by atoms with Crippen molar-refractivity contribution in [3.05, 3.63) is 53.7 Å². The molecule has 2 aromatic rings. The maximum Gasteiger partial charge on any atom is 0.416 e. The van der Waals surface area contributed by atoms with E-state index in [-0.39, 0.29) is 5.82 Å². The molecule has 30 heavy (non-hydrogen) atoms. The van der Waals surface area contributed by atoms with Crippen LogP contribution in [0.15, 0.2) is 42.5 Å². The number of nitrogens with one attached hydrogen (secondary N) is 1. The average Bonchev–Trinajstić information content (AvgIpc) is 2.65. The van der Waals surface area contributed by atoms with E-state index in [1.807, 2.05) is 31.2 Å². The van der Waals surface area contributed by atoms with Crippen LogP contribution in [0.3, 0.4) is 0 Å². The summed E-state index contributed by atoms with van der Waals surface area (Å²) in [5, 5.41) is 12.5. The summed E-state index contributed by atoms with van der Waals surface area (Å²) in [4.78, 5) is 29.2. The number of benzene rings is 1. The molecule has 0 aliphatic carbocycles. The highest BCUT2D eigenvalue weighted by Crippen LogP contribution is 2.17.